The maximum atomic E-state index is 12.8. The summed E-state index contributed by atoms with van der Waals surface area (Å²) in [6.45, 7) is 0. The lowest BCUT2D eigenvalue weighted by Crippen LogP contribution is -2.17. The van der Waals surface area contributed by atoms with Crippen molar-refractivity contribution in [3.8, 4) is 17.2 Å². The van der Waals surface area contributed by atoms with Crippen LogP contribution in [0.4, 0.5) is 13.2 Å². The number of alkyl halides is 3. The van der Waals surface area contributed by atoms with Crippen molar-refractivity contribution in [2.75, 3.05) is 0 Å². The van der Waals surface area contributed by atoms with E-state index >= 15 is 0 Å². The number of amides is 1. The molecule has 3 aromatic rings. The van der Waals surface area contributed by atoms with E-state index in [0.717, 1.165) is 12.1 Å². The molecule has 0 saturated carbocycles. The minimum atomic E-state index is -4.48. The van der Waals surface area contributed by atoms with Crippen molar-refractivity contribution in [1.29, 1.82) is 0 Å². The van der Waals surface area contributed by atoms with Crippen LogP contribution in [0.5, 0.6) is 17.2 Å². The van der Waals surface area contributed by atoms with E-state index in [1.807, 2.05) is 0 Å². The Bertz CT molecular complexity index is 1130. The number of phenolic OH excluding ortho intramolecular Hbond substituents is 1. The summed E-state index contributed by atoms with van der Waals surface area (Å²) in [7, 11) is 0. The number of hydrazone groups is 1. The highest BCUT2D eigenvalue weighted by atomic mass is 79.9. The lowest BCUT2D eigenvalue weighted by Gasteiger charge is -2.10. The van der Waals surface area contributed by atoms with E-state index in [0.29, 0.717) is 14.5 Å². The van der Waals surface area contributed by atoms with Gasteiger partial charge in [0.15, 0.2) is 0 Å². The number of aromatic hydroxyl groups is 1. The second-order valence-corrected chi connectivity index (χ2v) is 7.90. The highest BCUT2D eigenvalue weighted by Crippen LogP contribution is 2.33. The van der Waals surface area contributed by atoms with Gasteiger partial charge in [0, 0.05) is 5.56 Å². The van der Waals surface area contributed by atoms with Crippen LogP contribution in [0, 0.1) is 0 Å². The van der Waals surface area contributed by atoms with Gasteiger partial charge in [0.25, 0.3) is 5.91 Å². The molecule has 5 nitrogen and oxygen atoms in total. The zero-order valence-corrected chi connectivity index (χ0v) is 18.6. The fourth-order valence-electron chi connectivity index (χ4n) is 2.46. The minimum absolute atomic E-state index is 0.00566. The van der Waals surface area contributed by atoms with Crippen molar-refractivity contribution in [2.45, 2.75) is 6.18 Å². The Balaban J connectivity index is 1.69. The molecular formula is C21H13Br2F3N2O3. The fourth-order valence-corrected chi connectivity index (χ4v) is 3.68. The van der Waals surface area contributed by atoms with Crippen molar-refractivity contribution in [3.63, 3.8) is 0 Å². The Morgan fingerprint density at radius 3 is 2.26 bits per heavy atom. The van der Waals surface area contributed by atoms with Crippen LogP contribution in [-0.2, 0) is 6.18 Å². The van der Waals surface area contributed by atoms with E-state index in [2.05, 4.69) is 42.4 Å². The van der Waals surface area contributed by atoms with Gasteiger partial charge in [-0.15, -0.1) is 0 Å². The van der Waals surface area contributed by atoms with E-state index in [1.54, 1.807) is 12.1 Å². The van der Waals surface area contributed by atoms with E-state index < -0.39 is 17.6 Å². The molecule has 31 heavy (non-hydrogen) atoms. The summed E-state index contributed by atoms with van der Waals surface area (Å²) in [5.41, 5.74) is 2.33. The molecule has 1 amide bonds. The van der Waals surface area contributed by atoms with Crippen molar-refractivity contribution in [3.05, 3.63) is 86.3 Å². The predicted molar refractivity (Wildman–Crippen MR) is 117 cm³/mol. The average Bonchev–Trinajstić information content (AvgIpc) is 2.71. The molecule has 0 aliphatic rings. The van der Waals surface area contributed by atoms with Crippen LogP contribution in [0.15, 0.2) is 74.7 Å². The number of nitrogens with zero attached hydrogens (tertiary/aromatic N) is 1. The first-order valence-corrected chi connectivity index (χ1v) is 10.2. The van der Waals surface area contributed by atoms with Gasteiger partial charge >= 0.3 is 6.18 Å². The van der Waals surface area contributed by atoms with Crippen molar-refractivity contribution in [1.82, 2.24) is 5.43 Å². The van der Waals surface area contributed by atoms with Crippen LogP contribution in [0.25, 0.3) is 0 Å². The molecule has 0 aliphatic carbocycles. The van der Waals surface area contributed by atoms with Gasteiger partial charge in [-0.1, -0.05) is 12.1 Å². The van der Waals surface area contributed by atoms with Gasteiger partial charge in [0.05, 0.1) is 20.7 Å². The first-order valence-electron chi connectivity index (χ1n) is 8.60. The third kappa shape index (κ3) is 6.08. The summed E-state index contributed by atoms with van der Waals surface area (Å²) < 4.78 is 44.9. The van der Waals surface area contributed by atoms with E-state index in [4.69, 9.17) is 4.74 Å². The van der Waals surface area contributed by atoms with Crippen molar-refractivity contribution >= 4 is 44.0 Å². The van der Waals surface area contributed by atoms with Gasteiger partial charge in [0.2, 0.25) is 0 Å². The molecule has 3 aromatic carbocycles. The number of rotatable bonds is 5. The summed E-state index contributed by atoms with van der Waals surface area (Å²) in [5.74, 6) is -0.308. The molecular weight excluding hydrogens is 545 g/mol. The standard InChI is InChI=1S/C21H13Br2F3N2O3/c22-17-7-12(8-18(23)19(17)29)11-27-28-20(30)13-3-1-5-15(9-13)31-16-6-2-4-14(10-16)21(24,25)26/h1-11,29H,(H,28,30)/b27-11+. The summed E-state index contributed by atoms with van der Waals surface area (Å²) in [5, 5.41) is 13.6. The Kier molecular flexibility index (Phi) is 7.01. The van der Waals surface area contributed by atoms with Gasteiger partial charge in [-0.05, 0) is 86.0 Å². The number of ether oxygens (including phenoxy) is 1. The quantitative estimate of drug-likeness (QED) is 0.278. The third-order valence-electron chi connectivity index (χ3n) is 3.91. The summed E-state index contributed by atoms with van der Waals surface area (Å²) >= 11 is 6.40. The predicted octanol–water partition coefficient (Wildman–Crippen LogP) is 6.49. The Morgan fingerprint density at radius 2 is 1.61 bits per heavy atom. The highest BCUT2D eigenvalue weighted by Gasteiger charge is 2.30. The molecule has 0 aliphatic heterocycles. The number of carbonyl (C=O) groups is 1. The molecule has 0 spiro atoms. The normalized spacial score (nSPS) is 11.5. The largest absolute Gasteiger partial charge is 0.506 e. The lowest BCUT2D eigenvalue weighted by atomic mass is 10.2. The second kappa shape index (κ2) is 9.52. The van der Waals surface area contributed by atoms with Crippen LogP contribution >= 0.6 is 31.9 Å². The van der Waals surface area contributed by atoms with Crippen LogP contribution in [0.1, 0.15) is 21.5 Å². The highest BCUT2D eigenvalue weighted by molar-refractivity contribution is 9.11. The van der Waals surface area contributed by atoms with Gasteiger partial charge in [0.1, 0.15) is 17.2 Å². The van der Waals surface area contributed by atoms with Crippen LogP contribution in [0.3, 0.4) is 0 Å². The first-order chi connectivity index (χ1) is 14.6. The molecule has 0 saturated heterocycles. The maximum absolute atomic E-state index is 12.8. The molecule has 0 atom stereocenters. The van der Waals surface area contributed by atoms with Gasteiger partial charge < -0.3 is 9.84 Å². The lowest BCUT2D eigenvalue weighted by molar-refractivity contribution is -0.137. The Hall–Kier alpha value is -2.85. The van der Waals surface area contributed by atoms with E-state index in [-0.39, 0.29) is 22.8 Å². The second-order valence-electron chi connectivity index (χ2n) is 6.19. The molecule has 2 N–H and O–H groups in total. The number of halogens is 5. The fraction of sp³-hybridized carbons (Fsp3) is 0.0476. The molecule has 160 valence electrons. The van der Waals surface area contributed by atoms with Gasteiger partial charge in [-0.25, -0.2) is 5.43 Å². The third-order valence-corrected chi connectivity index (χ3v) is 5.12. The molecule has 0 aromatic heterocycles. The molecule has 0 heterocycles. The number of nitrogens with one attached hydrogen (secondary N) is 1. The molecule has 0 radical (unpaired) electrons. The average molecular weight is 558 g/mol. The van der Waals surface area contributed by atoms with Crippen molar-refractivity contribution < 1.29 is 27.8 Å². The summed E-state index contributed by atoms with van der Waals surface area (Å²) in [6, 6.07) is 13.6. The smallest absolute Gasteiger partial charge is 0.416 e. The summed E-state index contributed by atoms with van der Waals surface area (Å²) in [4.78, 5) is 12.3. The number of phenols is 1. The topological polar surface area (TPSA) is 70.9 Å². The molecule has 0 fully saturated rings. The number of benzene rings is 3. The SMILES string of the molecule is O=C(N/N=C/c1cc(Br)c(O)c(Br)c1)c1cccc(Oc2cccc(C(F)(F)F)c2)c1. The van der Waals surface area contributed by atoms with E-state index in [1.165, 1.54) is 42.6 Å². The Morgan fingerprint density at radius 1 is 1.00 bits per heavy atom. The minimum Gasteiger partial charge on any atom is -0.506 e. The Labute approximate surface area is 191 Å². The van der Waals surface area contributed by atoms with Crippen LogP contribution in [-0.4, -0.2) is 17.2 Å². The van der Waals surface area contributed by atoms with Crippen LogP contribution < -0.4 is 10.2 Å². The molecule has 0 bridgehead atoms. The number of carbonyl (C=O) groups excluding carboxylic acids is 1. The number of hydrogen-bond acceptors (Lipinski definition) is 4. The zero-order chi connectivity index (χ0) is 22.6. The summed E-state index contributed by atoms with van der Waals surface area (Å²) in [6.07, 6.45) is -3.10. The first kappa shape index (κ1) is 22.8. The maximum Gasteiger partial charge on any atom is 0.416 e. The molecule has 3 rings (SSSR count). The zero-order valence-electron chi connectivity index (χ0n) is 15.5. The molecule has 0 unspecified atom stereocenters. The monoisotopic (exact) mass is 556 g/mol. The van der Waals surface area contributed by atoms with Gasteiger partial charge in [-0.2, -0.15) is 18.3 Å². The van der Waals surface area contributed by atoms with Crippen molar-refractivity contribution in [2.24, 2.45) is 5.10 Å². The van der Waals surface area contributed by atoms with Gasteiger partial charge in [-0.3, -0.25) is 4.79 Å². The number of hydrogen-bond donors (Lipinski definition) is 2. The molecule has 10 heteroatoms. The van der Waals surface area contributed by atoms with E-state index in [9.17, 15) is 23.1 Å². The van der Waals surface area contributed by atoms with Crippen LogP contribution in [0.2, 0.25) is 0 Å².